The molecule has 0 radical (unpaired) electrons. The minimum atomic E-state index is -1.27. The number of nitrogens with zero attached hydrogens (tertiary/aromatic N) is 2. The van der Waals surface area contributed by atoms with Gasteiger partial charge in [-0.3, -0.25) is 4.79 Å². The summed E-state index contributed by atoms with van der Waals surface area (Å²) in [6.45, 7) is 4.44. The number of benzene rings is 1. The van der Waals surface area contributed by atoms with Gasteiger partial charge in [0.2, 0.25) is 5.43 Å². The van der Waals surface area contributed by atoms with Gasteiger partial charge < -0.3 is 19.9 Å². The third kappa shape index (κ3) is 3.67. The molecule has 0 atom stereocenters. The van der Waals surface area contributed by atoms with E-state index in [4.69, 9.17) is 0 Å². The van der Waals surface area contributed by atoms with Crippen molar-refractivity contribution in [1.82, 2.24) is 9.88 Å². The van der Waals surface area contributed by atoms with Crippen molar-refractivity contribution in [2.75, 3.05) is 31.6 Å². The SMILES string of the molecule is CNCC(C)=C1CCN(c2cc3c(cc2F)c(=O)c(C(=O)O)cn3C2CC2)CC1. The number of carboxylic acid groups (broad SMARTS) is 1. The monoisotopic (exact) mass is 399 g/mol. The van der Waals surface area contributed by atoms with Crippen LogP contribution in [0.5, 0.6) is 0 Å². The predicted molar refractivity (Wildman–Crippen MR) is 111 cm³/mol. The number of hydrogen-bond acceptors (Lipinski definition) is 4. The van der Waals surface area contributed by atoms with Crippen LogP contribution >= 0.6 is 0 Å². The molecule has 1 saturated heterocycles. The lowest BCUT2D eigenvalue weighted by molar-refractivity contribution is 0.0695. The van der Waals surface area contributed by atoms with E-state index in [0.29, 0.717) is 11.2 Å². The number of rotatable bonds is 5. The third-order valence-electron chi connectivity index (χ3n) is 6.02. The number of aromatic nitrogens is 1. The molecule has 0 bridgehead atoms. The van der Waals surface area contributed by atoms with Gasteiger partial charge in [0, 0.05) is 37.3 Å². The van der Waals surface area contributed by atoms with Crippen LogP contribution < -0.4 is 15.6 Å². The molecule has 2 fully saturated rings. The summed E-state index contributed by atoms with van der Waals surface area (Å²) in [6, 6.07) is 3.12. The minimum Gasteiger partial charge on any atom is -0.477 e. The smallest absolute Gasteiger partial charge is 0.341 e. The zero-order chi connectivity index (χ0) is 20.7. The fourth-order valence-corrected chi connectivity index (χ4v) is 4.24. The Labute approximate surface area is 168 Å². The summed E-state index contributed by atoms with van der Waals surface area (Å²) in [4.78, 5) is 26.1. The van der Waals surface area contributed by atoms with Gasteiger partial charge in [-0.05, 0) is 51.8 Å². The lowest BCUT2D eigenvalue weighted by Gasteiger charge is -2.32. The minimum absolute atomic E-state index is 0.139. The molecule has 7 heteroatoms. The molecule has 4 rings (SSSR count). The molecular formula is C22H26FN3O3. The molecule has 29 heavy (non-hydrogen) atoms. The Kier molecular flexibility index (Phi) is 5.17. The summed E-state index contributed by atoms with van der Waals surface area (Å²) in [5.41, 5.74) is 2.93. The maximum Gasteiger partial charge on any atom is 0.341 e. The molecule has 154 valence electrons. The van der Waals surface area contributed by atoms with Crippen LogP contribution in [0.2, 0.25) is 0 Å². The Bertz CT molecular complexity index is 1060. The second-order valence-electron chi connectivity index (χ2n) is 8.04. The van der Waals surface area contributed by atoms with Crippen molar-refractivity contribution in [3.05, 3.63) is 51.1 Å². The van der Waals surface area contributed by atoms with Gasteiger partial charge in [-0.15, -0.1) is 0 Å². The van der Waals surface area contributed by atoms with Crippen LogP contribution in [0, 0.1) is 5.82 Å². The first kappa shape index (κ1) is 19.6. The van der Waals surface area contributed by atoms with Crippen LogP contribution in [-0.2, 0) is 0 Å². The number of hydrogen-bond donors (Lipinski definition) is 2. The predicted octanol–water partition coefficient (Wildman–Crippen LogP) is 3.31. The van der Waals surface area contributed by atoms with Gasteiger partial charge in [-0.25, -0.2) is 9.18 Å². The fraction of sp³-hybridized carbons (Fsp3) is 0.455. The zero-order valence-electron chi connectivity index (χ0n) is 16.8. The molecule has 6 nitrogen and oxygen atoms in total. The first-order chi connectivity index (χ1) is 13.9. The van der Waals surface area contributed by atoms with Crippen molar-refractivity contribution < 1.29 is 14.3 Å². The van der Waals surface area contributed by atoms with Gasteiger partial charge in [-0.1, -0.05) is 11.1 Å². The van der Waals surface area contributed by atoms with Gasteiger partial charge in [0.1, 0.15) is 11.4 Å². The molecule has 1 aliphatic carbocycles. The molecule has 2 aliphatic rings. The van der Waals surface area contributed by atoms with E-state index in [0.717, 1.165) is 45.3 Å². The highest BCUT2D eigenvalue weighted by Crippen LogP contribution is 2.38. The number of nitrogens with one attached hydrogen (secondary N) is 1. The number of carboxylic acids is 1. The standard InChI is InChI=1S/C22H26FN3O3/c1-13(11-24-2)14-5-7-25(8-6-14)20-10-19-16(9-18(20)23)21(27)17(22(28)29)12-26(19)15-3-4-15/h9-10,12,15,24H,3-8,11H2,1-2H3,(H,28,29). The molecule has 2 N–H and O–H groups in total. The molecule has 2 heterocycles. The number of piperidine rings is 1. The Hall–Kier alpha value is -2.67. The number of carbonyl (C=O) groups is 1. The van der Waals surface area contributed by atoms with Crippen molar-refractivity contribution in [1.29, 1.82) is 0 Å². The van der Waals surface area contributed by atoms with Crippen molar-refractivity contribution in [3.8, 4) is 0 Å². The highest BCUT2D eigenvalue weighted by Gasteiger charge is 2.28. The first-order valence-electron chi connectivity index (χ1n) is 10.1. The number of likely N-dealkylation sites (N-methyl/N-ethyl adjacent to an activating group) is 1. The summed E-state index contributed by atoms with van der Waals surface area (Å²) >= 11 is 0. The highest BCUT2D eigenvalue weighted by molar-refractivity contribution is 5.93. The summed E-state index contributed by atoms with van der Waals surface area (Å²) in [5, 5.41) is 12.7. The fourth-order valence-electron chi connectivity index (χ4n) is 4.24. The topological polar surface area (TPSA) is 74.6 Å². The van der Waals surface area contributed by atoms with Crippen molar-refractivity contribution >= 4 is 22.6 Å². The van der Waals surface area contributed by atoms with E-state index in [-0.39, 0.29) is 17.0 Å². The van der Waals surface area contributed by atoms with E-state index < -0.39 is 17.2 Å². The van der Waals surface area contributed by atoms with Crippen molar-refractivity contribution in [3.63, 3.8) is 0 Å². The molecular weight excluding hydrogens is 373 g/mol. The number of anilines is 1. The average molecular weight is 399 g/mol. The zero-order valence-corrected chi connectivity index (χ0v) is 16.8. The normalized spacial score (nSPS) is 17.1. The summed E-state index contributed by atoms with van der Waals surface area (Å²) in [6.07, 6.45) is 5.07. The molecule has 1 aromatic heterocycles. The summed E-state index contributed by atoms with van der Waals surface area (Å²) < 4.78 is 16.8. The molecule has 2 aromatic rings. The van der Waals surface area contributed by atoms with Crippen LogP contribution in [0.25, 0.3) is 10.9 Å². The van der Waals surface area contributed by atoms with Crippen LogP contribution in [-0.4, -0.2) is 42.3 Å². The largest absolute Gasteiger partial charge is 0.477 e. The Morgan fingerprint density at radius 2 is 1.97 bits per heavy atom. The van der Waals surface area contributed by atoms with Gasteiger partial charge >= 0.3 is 5.97 Å². The number of halogens is 1. The van der Waals surface area contributed by atoms with Gasteiger partial charge in [-0.2, -0.15) is 0 Å². The lowest BCUT2D eigenvalue weighted by atomic mass is 9.98. The quantitative estimate of drug-likeness (QED) is 0.755. The summed E-state index contributed by atoms with van der Waals surface area (Å²) in [7, 11) is 1.93. The van der Waals surface area contributed by atoms with Crippen LogP contribution in [0.15, 0.2) is 34.3 Å². The number of pyridine rings is 1. The van der Waals surface area contributed by atoms with E-state index in [2.05, 4.69) is 12.2 Å². The number of fused-ring (bicyclic) bond motifs is 1. The van der Waals surface area contributed by atoms with Crippen LogP contribution in [0.4, 0.5) is 10.1 Å². The van der Waals surface area contributed by atoms with Crippen molar-refractivity contribution in [2.45, 2.75) is 38.6 Å². The van der Waals surface area contributed by atoms with Crippen LogP contribution in [0.1, 0.15) is 49.0 Å². The van der Waals surface area contributed by atoms with E-state index in [9.17, 15) is 19.1 Å². The molecule has 0 spiro atoms. The number of aromatic carboxylic acids is 1. The maximum atomic E-state index is 15.0. The molecule has 1 aliphatic heterocycles. The molecule has 1 aromatic carbocycles. The van der Waals surface area contributed by atoms with Crippen LogP contribution in [0.3, 0.4) is 0 Å². The molecule has 0 amide bonds. The summed E-state index contributed by atoms with van der Waals surface area (Å²) in [5.74, 6) is -1.75. The van der Waals surface area contributed by atoms with E-state index in [1.54, 1.807) is 6.07 Å². The van der Waals surface area contributed by atoms with Gasteiger partial charge in [0.25, 0.3) is 0 Å². The lowest BCUT2D eigenvalue weighted by Crippen LogP contribution is -2.32. The second-order valence-corrected chi connectivity index (χ2v) is 8.04. The Morgan fingerprint density at radius 1 is 1.28 bits per heavy atom. The Balaban J connectivity index is 1.74. The second kappa shape index (κ2) is 7.63. The van der Waals surface area contributed by atoms with Crippen molar-refractivity contribution in [2.24, 2.45) is 0 Å². The average Bonchev–Trinajstić information content (AvgIpc) is 3.53. The van der Waals surface area contributed by atoms with E-state index in [1.807, 2.05) is 16.5 Å². The van der Waals surface area contributed by atoms with Gasteiger partial charge in [0.15, 0.2) is 0 Å². The third-order valence-corrected chi connectivity index (χ3v) is 6.02. The molecule has 1 saturated carbocycles. The van der Waals surface area contributed by atoms with E-state index in [1.165, 1.54) is 23.4 Å². The van der Waals surface area contributed by atoms with E-state index >= 15 is 0 Å². The molecule has 0 unspecified atom stereocenters. The first-order valence-corrected chi connectivity index (χ1v) is 10.1. The highest BCUT2D eigenvalue weighted by atomic mass is 19.1. The Morgan fingerprint density at radius 3 is 2.55 bits per heavy atom. The van der Waals surface area contributed by atoms with Gasteiger partial charge in [0.05, 0.1) is 11.2 Å². The maximum absolute atomic E-state index is 15.0.